The highest BCUT2D eigenvalue weighted by atomic mass is 35.5. The molecule has 0 aliphatic carbocycles. The largest absolute Gasteiger partial charge is 0.361 e. The molecule has 0 saturated carbocycles. The zero-order valence-corrected chi connectivity index (χ0v) is 16.3. The number of hydrogen-bond acceptors (Lipinski definition) is 4. The Labute approximate surface area is 167 Å². The van der Waals surface area contributed by atoms with Crippen molar-refractivity contribution in [3.05, 3.63) is 82.0 Å². The predicted molar refractivity (Wildman–Crippen MR) is 109 cm³/mol. The van der Waals surface area contributed by atoms with Crippen LogP contribution in [0.3, 0.4) is 0 Å². The second kappa shape index (κ2) is 8.14. The molecule has 0 radical (unpaired) electrons. The average molecular weight is 420 g/mol. The van der Waals surface area contributed by atoms with Crippen molar-refractivity contribution in [3.63, 3.8) is 0 Å². The van der Waals surface area contributed by atoms with E-state index < -0.39 is 26.7 Å². The van der Waals surface area contributed by atoms with Gasteiger partial charge < -0.3 is 4.98 Å². The van der Waals surface area contributed by atoms with Gasteiger partial charge in [-0.1, -0.05) is 35.9 Å². The molecule has 0 unspecified atom stereocenters. The van der Waals surface area contributed by atoms with E-state index in [1.807, 2.05) is 30.5 Å². The summed E-state index contributed by atoms with van der Waals surface area (Å²) >= 11 is 5.77. The second-order valence-electron chi connectivity index (χ2n) is 6.28. The van der Waals surface area contributed by atoms with Crippen molar-refractivity contribution in [2.24, 2.45) is 0 Å². The highest BCUT2D eigenvalue weighted by Gasteiger charge is 2.24. The smallest absolute Gasteiger partial charge is 0.289 e. The van der Waals surface area contributed by atoms with E-state index in [0.29, 0.717) is 12.8 Å². The van der Waals surface area contributed by atoms with Crippen LogP contribution < -0.4 is 4.72 Å². The molecule has 0 aliphatic heterocycles. The van der Waals surface area contributed by atoms with Crippen LogP contribution in [0.5, 0.6) is 0 Å². The molecule has 0 aliphatic rings. The van der Waals surface area contributed by atoms with Crippen LogP contribution in [-0.4, -0.2) is 24.4 Å². The normalized spacial score (nSPS) is 12.8. The van der Waals surface area contributed by atoms with E-state index in [9.17, 15) is 18.5 Å². The standard InChI is InChI=1S/C19H18ClN3O4S/c1-2-5-14(10-13-12-21-18-7-4-3-6-16(13)18)22-28(26,27)15-8-9-17(20)19(11-15)23(24)25/h2-4,6-9,11-12,14,21-22H,1,5,10H2/t14-/m0/s1. The number of aromatic amines is 1. The SMILES string of the molecule is C=CC[C@@H](Cc1c[nH]c2ccccc12)NS(=O)(=O)c1ccc(Cl)c([N+](=O)[O-])c1. The highest BCUT2D eigenvalue weighted by molar-refractivity contribution is 7.89. The van der Waals surface area contributed by atoms with Crippen LogP contribution >= 0.6 is 11.6 Å². The summed E-state index contributed by atoms with van der Waals surface area (Å²) in [5.41, 5.74) is 1.47. The van der Waals surface area contributed by atoms with Gasteiger partial charge in [-0.15, -0.1) is 6.58 Å². The number of nitro benzene ring substituents is 1. The Morgan fingerprint density at radius 2 is 2.04 bits per heavy atom. The fourth-order valence-electron chi connectivity index (χ4n) is 3.03. The summed E-state index contributed by atoms with van der Waals surface area (Å²) in [6, 6.07) is 10.7. The maximum Gasteiger partial charge on any atom is 0.289 e. The molecule has 0 amide bonds. The van der Waals surface area contributed by atoms with Crippen molar-refractivity contribution in [1.29, 1.82) is 0 Å². The Morgan fingerprint density at radius 3 is 2.75 bits per heavy atom. The fourth-order valence-corrected chi connectivity index (χ4v) is 4.48. The maximum atomic E-state index is 12.8. The van der Waals surface area contributed by atoms with Crippen LogP contribution in [0.2, 0.25) is 5.02 Å². The fraction of sp³-hybridized carbons (Fsp3) is 0.158. The summed E-state index contributed by atoms with van der Waals surface area (Å²) in [6.45, 7) is 3.69. The minimum absolute atomic E-state index is 0.120. The summed E-state index contributed by atoms with van der Waals surface area (Å²) in [7, 11) is -3.98. The minimum Gasteiger partial charge on any atom is -0.361 e. The lowest BCUT2D eigenvalue weighted by Gasteiger charge is -2.17. The molecule has 3 aromatic rings. The van der Waals surface area contributed by atoms with Gasteiger partial charge in [0.1, 0.15) is 5.02 Å². The van der Waals surface area contributed by atoms with E-state index in [2.05, 4.69) is 16.3 Å². The number of fused-ring (bicyclic) bond motifs is 1. The van der Waals surface area contributed by atoms with Crippen LogP contribution in [-0.2, 0) is 16.4 Å². The Kier molecular flexibility index (Phi) is 5.83. The first-order valence-corrected chi connectivity index (χ1v) is 10.3. The number of nitrogens with zero attached hydrogens (tertiary/aromatic N) is 1. The van der Waals surface area contributed by atoms with Gasteiger partial charge >= 0.3 is 0 Å². The van der Waals surface area contributed by atoms with Crippen molar-refractivity contribution in [1.82, 2.24) is 9.71 Å². The van der Waals surface area contributed by atoms with Gasteiger partial charge in [0.2, 0.25) is 10.0 Å². The molecule has 28 heavy (non-hydrogen) atoms. The third-order valence-corrected chi connectivity index (χ3v) is 6.18. The summed E-state index contributed by atoms with van der Waals surface area (Å²) < 4.78 is 28.2. The summed E-state index contributed by atoms with van der Waals surface area (Å²) in [5, 5.41) is 11.9. The first kappa shape index (κ1) is 20.1. The number of hydrogen-bond donors (Lipinski definition) is 2. The third-order valence-electron chi connectivity index (χ3n) is 4.34. The zero-order chi connectivity index (χ0) is 20.3. The quantitative estimate of drug-likeness (QED) is 0.324. The lowest BCUT2D eigenvalue weighted by atomic mass is 10.0. The molecule has 2 N–H and O–H groups in total. The molecule has 1 heterocycles. The van der Waals surface area contributed by atoms with Crippen LogP contribution in [0, 0.1) is 10.1 Å². The molecule has 1 atom stereocenters. The lowest BCUT2D eigenvalue weighted by Crippen LogP contribution is -2.36. The molecule has 0 bridgehead atoms. The number of benzene rings is 2. The second-order valence-corrected chi connectivity index (χ2v) is 8.40. The lowest BCUT2D eigenvalue weighted by molar-refractivity contribution is -0.384. The Hall–Kier alpha value is -2.68. The van der Waals surface area contributed by atoms with Gasteiger partial charge in [-0.2, -0.15) is 0 Å². The molecule has 1 aromatic heterocycles. The van der Waals surface area contributed by atoms with Crippen molar-refractivity contribution < 1.29 is 13.3 Å². The predicted octanol–water partition coefficient (Wildman–Crippen LogP) is 4.20. The number of nitro groups is 1. The minimum atomic E-state index is -3.98. The first-order valence-electron chi connectivity index (χ1n) is 8.44. The van der Waals surface area contributed by atoms with Gasteiger partial charge in [-0.25, -0.2) is 13.1 Å². The molecule has 9 heteroatoms. The number of H-pyrrole nitrogens is 1. The van der Waals surface area contributed by atoms with Crippen LogP contribution in [0.25, 0.3) is 10.9 Å². The highest BCUT2D eigenvalue weighted by Crippen LogP contribution is 2.27. The number of sulfonamides is 1. The van der Waals surface area contributed by atoms with Crippen LogP contribution in [0.1, 0.15) is 12.0 Å². The van der Waals surface area contributed by atoms with E-state index in [1.54, 1.807) is 6.08 Å². The molecule has 3 rings (SSSR count). The van der Waals surface area contributed by atoms with Crippen molar-refractivity contribution >= 4 is 38.2 Å². The number of rotatable bonds is 8. The van der Waals surface area contributed by atoms with Crippen molar-refractivity contribution in [2.75, 3.05) is 0 Å². The topological polar surface area (TPSA) is 105 Å². The summed E-state index contributed by atoms with van der Waals surface area (Å²) in [6.07, 6.45) is 4.31. The van der Waals surface area contributed by atoms with Gasteiger partial charge in [0, 0.05) is 29.2 Å². The molecule has 146 valence electrons. The van der Waals surface area contributed by atoms with E-state index in [1.165, 1.54) is 12.1 Å². The van der Waals surface area contributed by atoms with Gasteiger partial charge in [-0.05, 0) is 36.6 Å². The maximum absolute atomic E-state index is 12.8. The number of halogens is 1. The molecule has 0 saturated heterocycles. The van der Waals surface area contributed by atoms with E-state index >= 15 is 0 Å². The molecule has 2 aromatic carbocycles. The average Bonchev–Trinajstić information content (AvgIpc) is 3.04. The zero-order valence-electron chi connectivity index (χ0n) is 14.8. The molecule has 7 nitrogen and oxygen atoms in total. The van der Waals surface area contributed by atoms with Crippen LogP contribution in [0.4, 0.5) is 5.69 Å². The Morgan fingerprint density at radius 1 is 1.29 bits per heavy atom. The monoisotopic (exact) mass is 419 g/mol. The summed E-state index contributed by atoms with van der Waals surface area (Å²) in [5.74, 6) is 0. The van der Waals surface area contributed by atoms with Crippen molar-refractivity contribution in [2.45, 2.75) is 23.8 Å². The molecular weight excluding hydrogens is 402 g/mol. The number of nitrogens with one attached hydrogen (secondary N) is 2. The third kappa shape index (κ3) is 4.24. The number of para-hydroxylation sites is 1. The summed E-state index contributed by atoms with van der Waals surface area (Å²) in [4.78, 5) is 13.3. The van der Waals surface area contributed by atoms with Crippen molar-refractivity contribution in [3.8, 4) is 0 Å². The Balaban J connectivity index is 1.88. The van der Waals surface area contributed by atoms with Gasteiger partial charge in [0.25, 0.3) is 5.69 Å². The number of aromatic nitrogens is 1. The molecular formula is C19H18ClN3O4S. The first-order chi connectivity index (χ1) is 13.3. The van der Waals surface area contributed by atoms with Gasteiger partial charge in [-0.3, -0.25) is 10.1 Å². The molecule has 0 spiro atoms. The molecule has 0 fully saturated rings. The van der Waals surface area contributed by atoms with Gasteiger partial charge in [0.05, 0.1) is 9.82 Å². The van der Waals surface area contributed by atoms with E-state index in [-0.39, 0.29) is 9.92 Å². The van der Waals surface area contributed by atoms with Crippen LogP contribution in [0.15, 0.2) is 66.2 Å². The van der Waals surface area contributed by atoms with Gasteiger partial charge in [0.15, 0.2) is 0 Å². The van der Waals surface area contributed by atoms with E-state index in [4.69, 9.17) is 11.6 Å². The Bertz CT molecular complexity index is 1140. The van der Waals surface area contributed by atoms with E-state index in [0.717, 1.165) is 22.5 Å².